The van der Waals surface area contributed by atoms with Gasteiger partial charge in [0.05, 0.1) is 5.58 Å². The van der Waals surface area contributed by atoms with Gasteiger partial charge >= 0.3 is 0 Å². The number of pyridine rings is 3. The molecule has 0 saturated carbocycles. The molecule has 4 aromatic heterocycles. The second-order valence-corrected chi connectivity index (χ2v) is 12.6. The maximum absolute atomic E-state index is 6.25. The van der Waals surface area contributed by atoms with Crippen LogP contribution in [0.2, 0.25) is 0 Å². The summed E-state index contributed by atoms with van der Waals surface area (Å²) in [5.41, 5.74) is 9.56. The Morgan fingerprint density at radius 2 is 1.45 bits per heavy atom. The van der Waals surface area contributed by atoms with Crippen LogP contribution in [0.4, 0.5) is 0 Å². The number of benzene rings is 4. The van der Waals surface area contributed by atoms with Crippen LogP contribution in [0.3, 0.4) is 0 Å². The summed E-state index contributed by atoms with van der Waals surface area (Å²) in [4.78, 5) is 13.1. The van der Waals surface area contributed by atoms with E-state index in [1.165, 1.54) is 16.7 Å². The fourth-order valence-corrected chi connectivity index (χ4v) is 5.80. The third kappa shape index (κ3) is 7.07. The van der Waals surface area contributed by atoms with Crippen molar-refractivity contribution in [3.63, 3.8) is 0 Å². The normalized spacial score (nSPS) is 11.2. The number of furan rings is 1. The second kappa shape index (κ2) is 13.8. The van der Waals surface area contributed by atoms with Crippen molar-refractivity contribution in [2.24, 2.45) is 5.41 Å². The first kappa shape index (κ1) is 32.0. The number of hydrogen-bond donors (Lipinski definition) is 0. The topological polar surface area (TPSA) is 51.8 Å². The maximum Gasteiger partial charge on any atom is 0.128 e. The van der Waals surface area contributed by atoms with E-state index in [-0.39, 0.29) is 20.1 Å². The van der Waals surface area contributed by atoms with Gasteiger partial charge in [-0.2, -0.15) is 0 Å². The molecule has 8 rings (SSSR count). The first-order valence-electron chi connectivity index (χ1n) is 15.5. The summed E-state index contributed by atoms with van der Waals surface area (Å²) in [7, 11) is 0. The van der Waals surface area contributed by atoms with Crippen molar-refractivity contribution in [3.05, 3.63) is 152 Å². The number of fused-ring (bicyclic) bond motifs is 5. The van der Waals surface area contributed by atoms with E-state index in [4.69, 9.17) is 4.42 Å². The minimum atomic E-state index is 0. The Morgan fingerprint density at radius 3 is 2.21 bits per heavy atom. The van der Waals surface area contributed by atoms with Crippen LogP contribution in [0.25, 0.3) is 66.4 Å². The van der Waals surface area contributed by atoms with E-state index >= 15 is 0 Å². The molecule has 0 unspecified atom stereocenters. The predicted molar refractivity (Wildman–Crippen MR) is 188 cm³/mol. The van der Waals surface area contributed by atoms with Crippen LogP contribution in [0.15, 0.2) is 138 Å². The van der Waals surface area contributed by atoms with Gasteiger partial charge in [0.25, 0.3) is 0 Å². The van der Waals surface area contributed by atoms with Gasteiger partial charge in [-0.25, -0.2) is 0 Å². The molecule has 233 valence electrons. The number of nitrogens with zero attached hydrogens (tertiary/aromatic N) is 3. The van der Waals surface area contributed by atoms with Crippen molar-refractivity contribution >= 4 is 32.7 Å². The van der Waals surface area contributed by atoms with Gasteiger partial charge in [0.15, 0.2) is 0 Å². The minimum absolute atomic E-state index is 0. The zero-order valence-electron chi connectivity index (χ0n) is 26.5. The fourth-order valence-electron chi connectivity index (χ4n) is 5.80. The first-order chi connectivity index (χ1) is 22.4. The molecule has 5 heteroatoms. The molecule has 0 N–H and O–H groups in total. The summed E-state index contributed by atoms with van der Waals surface area (Å²) in [6.45, 7) is 6.81. The summed E-state index contributed by atoms with van der Waals surface area (Å²) in [5, 5.41) is 4.33. The number of aromatic nitrogens is 3. The van der Waals surface area contributed by atoms with Crippen molar-refractivity contribution in [2.75, 3.05) is 0 Å². The molecule has 0 aliphatic rings. The van der Waals surface area contributed by atoms with Gasteiger partial charge in [-0.3, -0.25) is 4.98 Å². The SMILES string of the molecule is CC(C)(C)Cc1ccc(-c2ccnc(-c3[c-]cccc3)c2)cc1.[Ir].[c-]1ccc2c(oc3c4ccncc4ccc23)c1-c1ccccn1. The van der Waals surface area contributed by atoms with Gasteiger partial charge in [0, 0.05) is 61.1 Å². The van der Waals surface area contributed by atoms with E-state index in [1.807, 2.05) is 73.1 Å². The molecule has 1 radical (unpaired) electrons. The summed E-state index contributed by atoms with van der Waals surface area (Å²) in [6.07, 6.45) is 8.39. The predicted octanol–water partition coefficient (Wildman–Crippen LogP) is 10.8. The molecule has 0 fully saturated rings. The van der Waals surface area contributed by atoms with Crippen molar-refractivity contribution in [3.8, 4) is 33.6 Å². The zero-order chi connectivity index (χ0) is 31.5. The largest absolute Gasteiger partial charge is 0.500 e. The fraction of sp³-hybridized carbons (Fsp3) is 0.119. The van der Waals surface area contributed by atoms with Crippen LogP contribution in [0, 0.1) is 17.5 Å². The molecule has 0 bridgehead atoms. The molecule has 0 amide bonds. The van der Waals surface area contributed by atoms with Crippen molar-refractivity contribution < 1.29 is 24.5 Å². The van der Waals surface area contributed by atoms with Crippen LogP contribution < -0.4 is 0 Å². The summed E-state index contributed by atoms with van der Waals surface area (Å²) in [6, 6.07) is 43.5. The smallest absolute Gasteiger partial charge is 0.128 e. The Hall–Kier alpha value is -4.96. The van der Waals surface area contributed by atoms with E-state index in [0.29, 0.717) is 5.41 Å². The molecular weight excluding hydrogens is 755 g/mol. The van der Waals surface area contributed by atoms with Crippen LogP contribution in [-0.2, 0) is 26.5 Å². The Balaban J connectivity index is 0.000000161. The van der Waals surface area contributed by atoms with Gasteiger partial charge in [-0.05, 0) is 58.1 Å². The third-order valence-electron chi connectivity index (χ3n) is 7.90. The van der Waals surface area contributed by atoms with Gasteiger partial charge < -0.3 is 14.4 Å². The Bertz CT molecular complexity index is 2260. The summed E-state index contributed by atoms with van der Waals surface area (Å²) < 4.78 is 6.25. The molecular formula is C42H33IrN3O-2. The number of hydrogen-bond acceptors (Lipinski definition) is 4. The standard InChI is InChI=1S/C22H22N.C20H11N2O.Ir/c1-22(2,3)16-17-9-11-18(12-10-17)20-13-14-23-21(15-20)19-7-5-4-6-8-19;1-2-10-22-18(6-1)17-5-3-4-15-16-8-7-13-12-21-11-9-14(13)19(16)23-20(15)17;/h4-7,9-15H,16H2,1-3H3;1-4,6-12H;/q2*-1;. The molecule has 47 heavy (non-hydrogen) atoms. The van der Waals surface area contributed by atoms with Gasteiger partial charge in [0.1, 0.15) is 5.58 Å². The molecule has 4 heterocycles. The zero-order valence-corrected chi connectivity index (χ0v) is 28.9. The molecule has 8 aromatic rings. The Kier molecular flexibility index (Phi) is 9.40. The molecule has 4 aromatic carbocycles. The quantitative estimate of drug-likeness (QED) is 0.167. The summed E-state index contributed by atoms with van der Waals surface area (Å²) in [5.74, 6) is 0. The van der Waals surface area contributed by atoms with E-state index in [9.17, 15) is 0 Å². The van der Waals surface area contributed by atoms with Gasteiger partial charge in [-0.15, -0.1) is 54.1 Å². The molecule has 0 spiro atoms. The van der Waals surface area contributed by atoms with Crippen LogP contribution in [-0.4, -0.2) is 15.0 Å². The van der Waals surface area contributed by atoms with E-state index < -0.39 is 0 Å². The molecule has 0 atom stereocenters. The average Bonchev–Trinajstić information content (AvgIpc) is 3.49. The van der Waals surface area contributed by atoms with Gasteiger partial charge in [-0.1, -0.05) is 86.3 Å². The molecule has 0 aliphatic carbocycles. The molecule has 0 saturated heterocycles. The Labute approximate surface area is 288 Å². The molecule has 0 aliphatic heterocycles. The van der Waals surface area contributed by atoms with Crippen LogP contribution in [0.5, 0.6) is 0 Å². The van der Waals surface area contributed by atoms with Crippen LogP contribution in [0.1, 0.15) is 26.3 Å². The average molecular weight is 788 g/mol. The third-order valence-corrected chi connectivity index (χ3v) is 7.90. The van der Waals surface area contributed by atoms with Crippen molar-refractivity contribution in [2.45, 2.75) is 27.2 Å². The molecule has 4 nitrogen and oxygen atoms in total. The monoisotopic (exact) mass is 788 g/mol. The maximum atomic E-state index is 6.25. The Morgan fingerprint density at radius 1 is 0.638 bits per heavy atom. The second-order valence-electron chi connectivity index (χ2n) is 12.6. The van der Waals surface area contributed by atoms with Crippen molar-refractivity contribution in [1.82, 2.24) is 15.0 Å². The number of rotatable bonds is 4. The van der Waals surface area contributed by atoms with Crippen LogP contribution >= 0.6 is 0 Å². The summed E-state index contributed by atoms with van der Waals surface area (Å²) >= 11 is 0. The first-order valence-corrected chi connectivity index (χ1v) is 15.5. The minimum Gasteiger partial charge on any atom is -0.500 e. The van der Waals surface area contributed by atoms with Gasteiger partial charge in [0.2, 0.25) is 0 Å². The van der Waals surface area contributed by atoms with E-state index in [2.05, 4.69) is 96.4 Å². The van der Waals surface area contributed by atoms with E-state index in [1.54, 1.807) is 12.4 Å². The van der Waals surface area contributed by atoms with E-state index in [0.717, 1.165) is 61.6 Å². The van der Waals surface area contributed by atoms with Crippen molar-refractivity contribution in [1.29, 1.82) is 0 Å².